The van der Waals surface area contributed by atoms with Crippen molar-refractivity contribution in [3.63, 3.8) is 0 Å². The third-order valence-corrected chi connectivity index (χ3v) is 5.97. The third-order valence-electron chi connectivity index (χ3n) is 5.06. The molecule has 6 heteroatoms. The molecule has 0 fully saturated rings. The second-order valence-corrected chi connectivity index (χ2v) is 9.18. The van der Waals surface area contributed by atoms with Crippen LogP contribution in [-0.4, -0.2) is 21.6 Å². The summed E-state index contributed by atoms with van der Waals surface area (Å²) in [5, 5.41) is 3.86. The van der Waals surface area contributed by atoms with Gasteiger partial charge in [0.15, 0.2) is 11.2 Å². The van der Waals surface area contributed by atoms with Crippen LogP contribution in [0.3, 0.4) is 0 Å². The molecule has 0 aliphatic heterocycles. The average molecular weight is 426 g/mol. The highest BCUT2D eigenvalue weighted by atomic mass is 32.2. The number of carbonyl (C=O) groups excluding carboxylic acids is 1. The lowest BCUT2D eigenvalue weighted by atomic mass is 9.92. The maximum atomic E-state index is 12.6. The van der Waals surface area contributed by atoms with E-state index in [4.69, 9.17) is 4.42 Å². The number of rotatable bonds is 10. The topological polar surface area (TPSA) is 68.0 Å². The molecular formula is C24H31N3O2S. The zero-order chi connectivity index (χ0) is 21.5. The quantitative estimate of drug-likeness (QED) is 0.287. The highest BCUT2D eigenvalue weighted by Crippen LogP contribution is 2.32. The summed E-state index contributed by atoms with van der Waals surface area (Å²) >= 11 is 1.60. The fourth-order valence-corrected chi connectivity index (χ4v) is 4.25. The van der Waals surface area contributed by atoms with E-state index in [0.29, 0.717) is 29.1 Å². The van der Waals surface area contributed by atoms with Crippen molar-refractivity contribution >= 4 is 34.6 Å². The molecule has 0 aliphatic carbocycles. The Labute approximate surface area is 183 Å². The standard InChI is InChI=1S/C24H31N3O2S/c1-16(2)18-10-8-11-19(17(3)4)22(18)26-21(28)13-6-5-7-15-30-24-27-23-20(29-24)12-9-14-25-23/h8-12,14,16-17H,5-7,13,15H2,1-4H3,(H,26,28). The number of carbonyl (C=O) groups is 1. The Bertz CT molecular complexity index is 922. The van der Waals surface area contributed by atoms with Gasteiger partial charge < -0.3 is 9.73 Å². The fourth-order valence-electron chi connectivity index (χ4n) is 3.43. The van der Waals surface area contributed by atoms with E-state index in [0.717, 1.165) is 36.3 Å². The molecule has 0 atom stereocenters. The molecule has 2 heterocycles. The molecule has 5 nitrogen and oxygen atoms in total. The zero-order valence-electron chi connectivity index (χ0n) is 18.3. The Hall–Kier alpha value is -2.34. The SMILES string of the molecule is CC(C)c1cccc(C(C)C)c1NC(=O)CCCCCSc1nc2ncccc2o1. The maximum absolute atomic E-state index is 12.6. The minimum Gasteiger partial charge on any atom is -0.430 e. The van der Waals surface area contributed by atoms with Gasteiger partial charge in [-0.05, 0) is 47.9 Å². The highest BCUT2D eigenvalue weighted by molar-refractivity contribution is 7.99. The summed E-state index contributed by atoms with van der Waals surface area (Å²) in [6.07, 6.45) is 5.16. The second kappa shape index (κ2) is 10.6. The predicted octanol–water partition coefficient (Wildman–Crippen LogP) is 6.76. The van der Waals surface area contributed by atoms with Crippen molar-refractivity contribution in [1.29, 1.82) is 0 Å². The van der Waals surface area contributed by atoms with Gasteiger partial charge in [-0.25, -0.2) is 4.98 Å². The van der Waals surface area contributed by atoms with E-state index in [1.165, 1.54) is 11.1 Å². The van der Waals surface area contributed by atoms with Crippen LogP contribution in [-0.2, 0) is 4.79 Å². The molecule has 3 rings (SSSR count). The van der Waals surface area contributed by atoms with E-state index in [1.807, 2.05) is 12.1 Å². The van der Waals surface area contributed by atoms with Crippen LogP contribution < -0.4 is 5.32 Å². The molecule has 0 saturated heterocycles. The van der Waals surface area contributed by atoms with Crippen molar-refractivity contribution in [3.8, 4) is 0 Å². The molecule has 3 aromatic rings. The first kappa shape index (κ1) is 22.3. The normalized spacial score (nSPS) is 11.5. The van der Waals surface area contributed by atoms with Crippen LogP contribution in [0.1, 0.15) is 76.3 Å². The zero-order valence-corrected chi connectivity index (χ0v) is 19.1. The number of fused-ring (bicyclic) bond motifs is 1. The molecule has 160 valence electrons. The summed E-state index contributed by atoms with van der Waals surface area (Å²) in [6, 6.07) is 10.0. The molecule has 0 radical (unpaired) electrons. The van der Waals surface area contributed by atoms with Crippen molar-refractivity contribution in [3.05, 3.63) is 47.7 Å². The number of oxazole rings is 1. The number of pyridine rings is 1. The molecule has 0 bridgehead atoms. The van der Waals surface area contributed by atoms with Gasteiger partial charge in [-0.2, -0.15) is 4.98 Å². The van der Waals surface area contributed by atoms with Crippen molar-refractivity contribution in [2.75, 3.05) is 11.1 Å². The minimum absolute atomic E-state index is 0.0997. The summed E-state index contributed by atoms with van der Waals surface area (Å²) in [4.78, 5) is 21.1. The largest absolute Gasteiger partial charge is 0.430 e. The summed E-state index contributed by atoms with van der Waals surface area (Å²) in [5.74, 6) is 1.76. The highest BCUT2D eigenvalue weighted by Gasteiger charge is 2.15. The van der Waals surface area contributed by atoms with Gasteiger partial charge in [0, 0.05) is 24.1 Å². The van der Waals surface area contributed by atoms with E-state index in [-0.39, 0.29) is 5.91 Å². The molecule has 0 aliphatic rings. The van der Waals surface area contributed by atoms with Crippen molar-refractivity contribution < 1.29 is 9.21 Å². The fraction of sp³-hybridized carbons (Fsp3) is 0.458. The van der Waals surface area contributed by atoms with Gasteiger partial charge >= 0.3 is 0 Å². The number of nitrogens with zero attached hydrogens (tertiary/aromatic N) is 2. The van der Waals surface area contributed by atoms with E-state index < -0.39 is 0 Å². The van der Waals surface area contributed by atoms with Crippen LogP contribution in [0, 0.1) is 0 Å². The van der Waals surface area contributed by atoms with E-state index >= 15 is 0 Å². The van der Waals surface area contributed by atoms with E-state index in [9.17, 15) is 4.79 Å². The van der Waals surface area contributed by atoms with Gasteiger partial charge in [0.2, 0.25) is 5.91 Å². The van der Waals surface area contributed by atoms with Gasteiger partial charge in [-0.1, -0.05) is 64.1 Å². The maximum Gasteiger partial charge on any atom is 0.258 e. The van der Waals surface area contributed by atoms with Gasteiger partial charge in [0.25, 0.3) is 5.22 Å². The summed E-state index contributed by atoms with van der Waals surface area (Å²) in [6.45, 7) is 8.67. The Morgan fingerprint density at radius 2 is 1.77 bits per heavy atom. The van der Waals surface area contributed by atoms with Crippen LogP contribution >= 0.6 is 11.8 Å². The van der Waals surface area contributed by atoms with Crippen molar-refractivity contribution in [1.82, 2.24) is 9.97 Å². The van der Waals surface area contributed by atoms with Crippen LogP contribution in [0.4, 0.5) is 5.69 Å². The number of unbranched alkanes of at least 4 members (excludes halogenated alkanes) is 2. The van der Waals surface area contributed by atoms with Gasteiger partial charge in [0.05, 0.1) is 0 Å². The lowest BCUT2D eigenvalue weighted by molar-refractivity contribution is -0.116. The number of benzene rings is 1. The predicted molar refractivity (Wildman–Crippen MR) is 124 cm³/mol. The van der Waals surface area contributed by atoms with Crippen LogP contribution in [0.25, 0.3) is 11.2 Å². The number of hydrogen-bond donors (Lipinski definition) is 1. The molecule has 30 heavy (non-hydrogen) atoms. The Kier molecular flexibility index (Phi) is 7.91. The Morgan fingerprint density at radius 1 is 1.03 bits per heavy atom. The summed E-state index contributed by atoms with van der Waals surface area (Å²) in [7, 11) is 0. The molecular weight excluding hydrogens is 394 g/mol. The van der Waals surface area contributed by atoms with Crippen molar-refractivity contribution in [2.45, 2.75) is 70.4 Å². The Morgan fingerprint density at radius 3 is 2.43 bits per heavy atom. The van der Waals surface area contributed by atoms with Crippen LogP contribution in [0.2, 0.25) is 0 Å². The summed E-state index contributed by atoms with van der Waals surface area (Å²) < 4.78 is 5.67. The molecule has 2 aromatic heterocycles. The van der Waals surface area contributed by atoms with Gasteiger partial charge in [-0.15, -0.1) is 0 Å². The number of para-hydroxylation sites is 1. The van der Waals surface area contributed by atoms with E-state index in [2.05, 4.69) is 61.2 Å². The average Bonchev–Trinajstić information content (AvgIpc) is 3.13. The lowest BCUT2D eigenvalue weighted by Crippen LogP contribution is -2.15. The molecule has 0 unspecified atom stereocenters. The smallest absolute Gasteiger partial charge is 0.258 e. The molecule has 1 aromatic carbocycles. The number of nitrogens with one attached hydrogen (secondary N) is 1. The third kappa shape index (κ3) is 5.85. The first-order chi connectivity index (χ1) is 14.5. The number of thioether (sulfide) groups is 1. The number of anilines is 1. The number of aromatic nitrogens is 2. The lowest BCUT2D eigenvalue weighted by Gasteiger charge is -2.20. The first-order valence-corrected chi connectivity index (χ1v) is 11.7. The number of amides is 1. The Balaban J connectivity index is 1.43. The minimum atomic E-state index is 0.0997. The van der Waals surface area contributed by atoms with Crippen LogP contribution in [0.5, 0.6) is 0 Å². The number of hydrogen-bond acceptors (Lipinski definition) is 5. The monoisotopic (exact) mass is 425 g/mol. The summed E-state index contributed by atoms with van der Waals surface area (Å²) in [5.41, 5.74) is 4.79. The van der Waals surface area contributed by atoms with Crippen LogP contribution in [0.15, 0.2) is 46.2 Å². The molecule has 0 spiro atoms. The molecule has 1 amide bonds. The van der Waals surface area contributed by atoms with Gasteiger partial charge in [-0.3, -0.25) is 4.79 Å². The first-order valence-electron chi connectivity index (χ1n) is 10.7. The molecule has 0 saturated carbocycles. The van der Waals surface area contributed by atoms with Gasteiger partial charge in [0.1, 0.15) is 0 Å². The van der Waals surface area contributed by atoms with Crippen molar-refractivity contribution in [2.24, 2.45) is 0 Å². The van der Waals surface area contributed by atoms with E-state index in [1.54, 1.807) is 18.0 Å². The second-order valence-electron chi connectivity index (χ2n) is 8.13. The molecule has 1 N–H and O–H groups in total.